The van der Waals surface area contributed by atoms with Crippen molar-refractivity contribution in [2.24, 2.45) is 0 Å². The Balaban J connectivity index is 0.000000208. The Morgan fingerprint density at radius 2 is 0.871 bits per heavy atom. The molecule has 4 heteroatoms. The second-order valence-electron chi connectivity index (χ2n) is 13.7. The number of aryl methyl sites for hydroxylation is 7. The van der Waals surface area contributed by atoms with Gasteiger partial charge in [-0.25, -0.2) is 0 Å². The van der Waals surface area contributed by atoms with Crippen LogP contribution in [-0.4, -0.2) is 15.0 Å². The van der Waals surface area contributed by atoms with E-state index in [9.17, 15) is 0 Å². The molecule has 0 radical (unpaired) electrons. The predicted octanol–water partition coefficient (Wildman–Crippen LogP) is 14.8. The van der Waals surface area contributed by atoms with Gasteiger partial charge in [-0.15, -0.1) is 101 Å². The summed E-state index contributed by atoms with van der Waals surface area (Å²) in [6.45, 7) is -15.7. The number of nitrogens with zero attached hydrogens (tertiary/aromatic N) is 3. The molecular formula is C58H50IrN3. The van der Waals surface area contributed by atoms with E-state index < -0.39 is 48.0 Å². The molecule has 62 heavy (non-hydrogen) atoms. The van der Waals surface area contributed by atoms with Crippen LogP contribution in [0.4, 0.5) is 0 Å². The zero-order chi connectivity index (χ0) is 60.2. The average molecular weight is 1000 g/mol. The fourth-order valence-electron chi connectivity index (χ4n) is 6.12. The molecule has 0 amide bonds. The van der Waals surface area contributed by atoms with Crippen molar-refractivity contribution < 1.29 is 48.9 Å². The molecule has 0 aliphatic carbocycles. The molecule has 9 aromatic rings. The molecule has 0 bridgehead atoms. The zero-order valence-corrected chi connectivity index (χ0v) is 35.3. The first kappa shape index (κ1) is 24.8. The van der Waals surface area contributed by atoms with Crippen molar-refractivity contribution in [2.75, 3.05) is 0 Å². The van der Waals surface area contributed by atoms with E-state index in [2.05, 4.69) is 33.2 Å². The van der Waals surface area contributed by atoms with Gasteiger partial charge >= 0.3 is 20.1 Å². The van der Waals surface area contributed by atoms with Crippen LogP contribution < -0.4 is 0 Å². The van der Waals surface area contributed by atoms with E-state index >= 15 is 0 Å². The number of pyridine rings is 3. The van der Waals surface area contributed by atoms with Gasteiger partial charge in [0.15, 0.2) is 0 Å². The first-order valence-corrected chi connectivity index (χ1v) is 18.9. The molecule has 0 atom stereocenters. The molecule has 3 nitrogen and oxygen atoms in total. The summed E-state index contributed by atoms with van der Waals surface area (Å²) in [4.78, 5) is 12.6. The standard InChI is InChI=1S/C26H22N.C19H16N.C13H12N.Ir/c1-18-4-8-21(9-5-18)22-11-13-23(14-12-22)25-16-24(10-7-20(25)3)26-15-6-19(2)17-27-26;1-14-8-10-16(11-9-14)18-12-19(20-13-15(18)2)17-6-4-3-5-7-17;1-10-3-6-12(7-4-10)13-8-5-11(2)9-14-13;/h4-9,11-17H,1-3H3;3-6,8-13H,1-2H3;3-6,8-9H,1-2H3;/q3*-1;+3/i1D3,2D3,3D3;2*1D3,2D3;. The second kappa shape index (κ2) is 21.3. The molecular weight excluding hydrogens is 931 g/mol. The average Bonchev–Trinajstić information content (AvgIpc) is 3.16. The Morgan fingerprint density at radius 3 is 1.40 bits per heavy atom. The summed E-state index contributed by atoms with van der Waals surface area (Å²) in [7, 11) is 0. The summed E-state index contributed by atoms with van der Waals surface area (Å²) >= 11 is 0. The van der Waals surface area contributed by atoms with Gasteiger partial charge in [0.1, 0.15) is 0 Å². The SMILES string of the molecule is [2H]C([2H])([2H])c1c[c-]c(-c2ccc(C([2H])([2H])[2H])cn2)cc1.[2H]C([2H])([2H])c1ccc(-c2cc(-c3[c-]cccc3)ncc2C([2H])([2H])[2H])cc1.[2H]C([2H])([2H])c1ccc(-c2ccc(-c3cc(-c4ccc(C([2H])([2H])[2H])cn4)[c-]cc3C([2H])([2H])[2H])cc2)cc1.[Ir+3]. The zero-order valence-electron chi connectivity index (χ0n) is 53.9. The maximum Gasteiger partial charge on any atom is 3.00 e. The molecule has 0 aliphatic heterocycles. The van der Waals surface area contributed by atoms with Crippen LogP contribution in [0.1, 0.15) is 67.7 Å². The van der Waals surface area contributed by atoms with Crippen molar-refractivity contribution >= 4 is 0 Å². The van der Waals surface area contributed by atoms with Gasteiger partial charge in [0.25, 0.3) is 0 Å². The van der Waals surface area contributed by atoms with Gasteiger partial charge in [0.05, 0.1) is 0 Å². The molecule has 0 unspecified atom stereocenters. The fourth-order valence-corrected chi connectivity index (χ4v) is 6.12. The van der Waals surface area contributed by atoms with Crippen LogP contribution in [0.2, 0.25) is 0 Å². The van der Waals surface area contributed by atoms with Crippen molar-refractivity contribution in [2.45, 2.75) is 48.0 Å². The molecule has 0 saturated heterocycles. The molecule has 0 fully saturated rings. The predicted molar refractivity (Wildman–Crippen MR) is 255 cm³/mol. The van der Waals surface area contributed by atoms with E-state index in [-0.39, 0.29) is 59.0 Å². The van der Waals surface area contributed by atoms with E-state index in [1.807, 2.05) is 42.5 Å². The molecule has 0 N–H and O–H groups in total. The first-order valence-electron chi connectivity index (χ1n) is 29.4. The Hall–Kier alpha value is -6.58. The van der Waals surface area contributed by atoms with Gasteiger partial charge in [-0.3, -0.25) is 0 Å². The largest absolute Gasteiger partial charge is 3.00 e. The summed E-state index contributed by atoms with van der Waals surface area (Å²) in [5.74, 6) is 0. The van der Waals surface area contributed by atoms with Crippen LogP contribution in [-0.2, 0) is 20.1 Å². The van der Waals surface area contributed by atoms with E-state index in [0.29, 0.717) is 50.5 Å². The van der Waals surface area contributed by atoms with Crippen LogP contribution >= 0.6 is 0 Å². The van der Waals surface area contributed by atoms with Crippen LogP contribution in [0.15, 0.2) is 176 Å². The number of benzene rings is 6. The van der Waals surface area contributed by atoms with Crippen molar-refractivity contribution in [3.05, 3.63) is 233 Å². The van der Waals surface area contributed by atoms with Gasteiger partial charge in [-0.05, 0) is 95.8 Å². The quantitative estimate of drug-likeness (QED) is 0.156. The third kappa shape index (κ3) is 11.8. The third-order valence-electron chi connectivity index (χ3n) is 9.34. The molecule has 0 saturated carbocycles. The van der Waals surface area contributed by atoms with E-state index in [4.69, 9.17) is 28.8 Å². The second-order valence-corrected chi connectivity index (χ2v) is 13.7. The minimum absolute atomic E-state index is 0. The monoisotopic (exact) mass is 1000 g/mol. The Kier molecular flexibility index (Phi) is 8.50. The molecule has 0 aliphatic rings. The van der Waals surface area contributed by atoms with Crippen LogP contribution in [0.5, 0.6) is 0 Å². The Labute approximate surface area is 411 Å². The number of hydrogen-bond donors (Lipinski definition) is 0. The van der Waals surface area contributed by atoms with Crippen molar-refractivity contribution in [1.29, 1.82) is 0 Å². The van der Waals surface area contributed by atoms with Crippen molar-refractivity contribution in [3.8, 4) is 67.2 Å². The number of aromatic nitrogens is 3. The summed E-state index contributed by atoms with van der Waals surface area (Å²) in [6.07, 6.45) is 3.95. The van der Waals surface area contributed by atoms with E-state index in [0.717, 1.165) is 16.7 Å². The summed E-state index contributed by atoms with van der Waals surface area (Å²) in [5, 5.41) is 0. The maximum absolute atomic E-state index is 7.97. The van der Waals surface area contributed by atoms with Crippen LogP contribution in [0.25, 0.3) is 67.2 Å². The number of rotatable bonds is 6. The van der Waals surface area contributed by atoms with Crippen molar-refractivity contribution in [1.82, 2.24) is 15.0 Å². The van der Waals surface area contributed by atoms with Crippen LogP contribution in [0.3, 0.4) is 0 Å². The summed E-state index contributed by atoms with van der Waals surface area (Å²) in [5.41, 5.74) is 8.78. The fraction of sp³-hybridized carbons (Fsp3) is 0.121. The van der Waals surface area contributed by atoms with E-state index in [1.54, 1.807) is 72.8 Å². The first-order chi connectivity index (χ1) is 38.1. The van der Waals surface area contributed by atoms with Gasteiger partial charge in [0, 0.05) is 47.4 Å². The summed E-state index contributed by atoms with van der Waals surface area (Å²) in [6, 6.07) is 51.9. The third-order valence-corrected chi connectivity index (χ3v) is 9.34. The van der Waals surface area contributed by atoms with Gasteiger partial charge in [0.2, 0.25) is 0 Å². The molecule has 3 aromatic heterocycles. The maximum atomic E-state index is 7.97. The smallest absolute Gasteiger partial charge is 0.304 e. The van der Waals surface area contributed by atoms with Gasteiger partial charge in [-0.1, -0.05) is 134 Å². The molecule has 6 aromatic carbocycles. The molecule has 306 valence electrons. The topological polar surface area (TPSA) is 38.7 Å². The normalized spacial score (nSPS) is 16.8. The summed E-state index contributed by atoms with van der Waals surface area (Å²) < 4.78 is 158. The minimum atomic E-state index is -2.37. The Morgan fingerprint density at radius 1 is 0.371 bits per heavy atom. The molecule has 0 spiro atoms. The molecule has 9 rings (SSSR count). The minimum Gasteiger partial charge on any atom is -0.304 e. The van der Waals surface area contributed by atoms with Crippen LogP contribution in [0, 0.1) is 66.2 Å². The Bertz CT molecular complexity index is 3520. The van der Waals surface area contributed by atoms with E-state index in [1.165, 1.54) is 61.1 Å². The molecule has 3 heterocycles. The van der Waals surface area contributed by atoms with Crippen molar-refractivity contribution in [3.63, 3.8) is 0 Å². The van der Waals surface area contributed by atoms with Gasteiger partial charge in [-0.2, -0.15) is 0 Å². The van der Waals surface area contributed by atoms with Gasteiger partial charge < -0.3 is 15.0 Å². The number of hydrogen-bond acceptors (Lipinski definition) is 3.